The predicted octanol–water partition coefficient (Wildman–Crippen LogP) is 5.73. The summed E-state index contributed by atoms with van der Waals surface area (Å²) in [6.07, 6.45) is 0.759. The Balaban J connectivity index is 1.56. The lowest BCUT2D eigenvalue weighted by Crippen LogP contribution is -2.47. The number of benzene rings is 3. The molecule has 0 N–H and O–H groups in total. The molecule has 0 bridgehead atoms. The van der Waals surface area contributed by atoms with E-state index in [1.165, 1.54) is 27.9 Å². The van der Waals surface area contributed by atoms with Crippen LogP contribution in [0.15, 0.2) is 78.0 Å². The zero-order valence-corrected chi connectivity index (χ0v) is 17.2. The molecule has 2 atom stereocenters. The van der Waals surface area contributed by atoms with E-state index >= 15 is 0 Å². The average Bonchev–Trinajstić information content (AvgIpc) is 2.99. The van der Waals surface area contributed by atoms with Gasteiger partial charge in [-0.05, 0) is 49.1 Å². The van der Waals surface area contributed by atoms with Crippen molar-refractivity contribution >= 4 is 11.4 Å². The number of nitrogens with zero attached hydrogens (tertiary/aromatic N) is 2. The summed E-state index contributed by atoms with van der Waals surface area (Å²) in [5, 5.41) is 4.58. The summed E-state index contributed by atoms with van der Waals surface area (Å²) in [4.78, 5) is 8.61. The van der Waals surface area contributed by atoms with Gasteiger partial charge in [0.1, 0.15) is 0 Å². The summed E-state index contributed by atoms with van der Waals surface area (Å²) in [5.74, 6) is 0. The molecule has 0 amide bonds. The highest BCUT2D eigenvalue weighted by Gasteiger charge is 2.52. The van der Waals surface area contributed by atoms with Crippen LogP contribution in [0, 0.1) is 13.8 Å². The van der Waals surface area contributed by atoms with Crippen LogP contribution in [0.5, 0.6) is 0 Å². The van der Waals surface area contributed by atoms with Crippen molar-refractivity contribution in [2.24, 2.45) is 5.16 Å². The van der Waals surface area contributed by atoms with Gasteiger partial charge in [-0.2, -0.15) is 0 Å². The maximum atomic E-state index is 6.22. The third-order valence-electron chi connectivity index (χ3n) is 6.41. The fraction of sp³-hybridized carbons (Fsp3) is 0.269. The topological polar surface area (TPSA) is 24.8 Å². The van der Waals surface area contributed by atoms with Crippen molar-refractivity contribution in [3.05, 3.63) is 101 Å². The summed E-state index contributed by atoms with van der Waals surface area (Å²) < 4.78 is 0. The van der Waals surface area contributed by atoms with Gasteiger partial charge >= 0.3 is 0 Å². The highest BCUT2D eigenvalue weighted by Crippen LogP contribution is 2.50. The Kier molecular flexibility index (Phi) is 4.20. The fourth-order valence-corrected chi connectivity index (χ4v) is 4.77. The molecule has 2 aliphatic heterocycles. The molecule has 29 heavy (non-hydrogen) atoms. The zero-order valence-electron chi connectivity index (χ0n) is 17.2. The molecular weight excluding hydrogens is 356 g/mol. The smallest absolute Gasteiger partial charge is 0.210 e. The quantitative estimate of drug-likeness (QED) is 0.578. The third-order valence-corrected chi connectivity index (χ3v) is 6.41. The van der Waals surface area contributed by atoms with E-state index in [2.05, 4.69) is 97.6 Å². The van der Waals surface area contributed by atoms with Crippen molar-refractivity contribution in [1.82, 2.24) is 0 Å². The SMILES string of the molecule is Cc1ccc(C)c(CN2c3ccccc3[C@]3(C)CC(c4ccccc4)=NO[C@H]23)c1. The molecule has 2 heterocycles. The van der Waals surface area contributed by atoms with Crippen LogP contribution in [0.3, 0.4) is 0 Å². The van der Waals surface area contributed by atoms with Crippen molar-refractivity contribution in [2.45, 2.75) is 45.4 Å². The number of fused-ring (bicyclic) bond motifs is 3. The van der Waals surface area contributed by atoms with E-state index in [0.717, 1.165) is 24.2 Å². The number of para-hydroxylation sites is 1. The molecule has 0 fully saturated rings. The largest absolute Gasteiger partial charge is 0.369 e. The van der Waals surface area contributed by atoms with Crippen LogP contribution < -0.4 is 4.90 Å². The van der Waals surface area contributed by atoms with Crippen LogP contribution in [0.2, 0.25) is 0 Å². The van der Waals surface area contributed by atoms with Gasteiger partial charge in [0.05, 0.1) is 11.1 Å². The summed E-state index contributed by atoms with van der Waals surface area (Å²) in [7, 11) is 0. The van der Waals surface area contributed by atoms with Gasteiger partial charge in [0.15, 0.2) is 0 Å². The Morgan fingerprint density at radius 2 is 1.76 bits per heavy atom. The summed E-state index contributed by atoms with van der Waals surface area (Å²) in [5.41, 5.74) is 8.56. The van der Waals surface area contributed by atoms with E-state index in [1.54, 1.807) is 0 Å². The van der Waals surface area contributed by atoms with Crippen LogP contribution in [-0.4, -0.2) is 11.9 Å². The van der Waals surface area contributed by atoms with E-state index in [-0.39, 0.29) is 11.6 Å². The second-order valence-corrected chi connectivity index (χ2v) is 8.53. The van der Waals surface area contributed by atoms with Gasteiger partial charge in [-0.1, -0.05) is 77.4 Å². The summed E-state index contributed by atoms with van der Waals surface area (Å²) in [6, 6.07) is 25.8. The number of hydrogen-bond acceptors (Lipinski definition) is 3. The molecule has 3 aromatic rings. The molecule has 146 valence electrons. The van der Waals surface area contributed by atoms with E-state index < -0.39 is 0 Å². The van der Waals surface area contributed by atoms with Crippen molar-refractivity contribution in [3.8, 4) is 0 Å². The first-order chi connectivity index (χ1) is 14.1. The summed E-state index contributed by atoms with van der Waals surface area (Å²) >= 11 is 0. The highest BCUT2D eigenvalue weighted by molar-refractivity contribution is 6.01. The van der Waals surface area contributed by atoms with Gasteiger partial charge in [0.2, 0.25) is 6.23 Å². The van der Waals surface area contributed by atoms with Gasteiger partial charge < -0.3 is 9.74 Å². The Hall–Kier alpha value is -3.07. The van der Waals surface area contributed by atoms with Crippen LogP contribution in [0.25, 0.3) is 0 Å². The van der Waals surface area contributed by atoms with Crippen molar-refractivity contribution in [2.75, 3.05) is 4.90 Å². The van der Waals surface area contributed by atoms with E-state index in [1.807, 2.05) is 6.07 Å². The normalized spacial score (nSPS) is 22.5. The maximum Gasteiger partial charge on any atom is 0.210 e. The van der Waals surface area contributed by atoms with Gasteiger partial charge in [0, 0.05) is 18.7 Å². The van der Waals surface area contributed by atoms with Crippen LogP contribution in [-0.2, 0) is 16.8 Å². The van der Waals surface area contributed by atoms with E-state index in [9.17, 15) is 0 Å². The standard InChI is InChI=1S/C26H26N2O/c1-18-13-14-19(2)21(15-18)17-28-24-12-8-7-11-22(24)26(3)16-23(27-29-25(26)28)20-9-5-4-6-10-20/h4-15,25H,16-17H2,1-3H3/t25-,26-/m0/s1. The number of rotatable bonds is 3. The van der Waals surface area contributed by atoms with Gasteiger partial charge in [0.25, 0.3) is 0 Å². The van der Waals surface area contributed by atoms with Crippen molar-refractivity contribution in [1.29, 1.82) is 0 Å². The number of hydrogen-bond donors (Lipinski definition) is 0. The Labute approximate surface area is 172 Å². The van der Waals surface area contributed by atoms with E-state index in [0.29, 0.717) is 0 Å². The Morgan fingerprint density at radius 1 is 1.00 bits per heavy atom. The molecule has 0 unspecified atom stereocenters. The molecule has 0 aliphatic carbocycles. The van der Waals surface area contributed by atoms with Crippen molar-refractivity contribution < 1.29 is 4.84 Å². The zero-order chi connectivity index (χ0) is 20.0. The first kappa shape index (κ1) is 18.0. The first-order valence-corrected chi connectivity index (χ1v) is 10.3. The molecule has 5 rings (SSSR count). The van der Waals surface area contributed by atoms with Crippen LogP contribution in [0.4, 0.5) is 5.69 Å². The second kappa shape index (κ2) is 6.77. The lowest BCUT2D eigenvalue weighted by atomic mass is 9.77. The minimum atomic E-state index is -0.138. The summed E-state index contributed by atoms with van der Waals surface area (Å²) in [6.45, 7) is 7.47. The molecule has 3 heteroatoms. The number of anilines is 1. The van der Waals surface area contributed by atoms with Crippen LogP contribution in [0.1, 0.15) is 41.2 Å². The molecule has 0 saturated carbocycles. The molecule has 0 saturated heterocycles. The minimum Gasteiger partial charge on any atom is -0.369 e. The lowest BCUT2D eigenvalue weighted by molar-refractivity contribution is -0.0000928. The molecule has 3 aromatic carbocycles. The maximum absolute atomic E-state index is 6.22. The van der Waals surface area contributed by atoms with Gasteiger partial charge in [-0.25, -0.2) is 0 Å². The highest BCUT2D eigenvalue weighted by atomic mass is 16.7. The Bertz CT molecular complexity index is 1090. The monoisotopic (exact) mass is 382 g/mol. The fourth-order valence-electron chi connectivity index (χ4n) is 4.77. The van der Waals surface area contributed by atoms with E-state index in [4.69, 9.17) is 4.84 Å². The lowest BCUT2D eigenvalue weighted by Gasteiger charge is -2.38. The molecule has 0 spiro atoms. The second-order valence-electron chi connectivity index (χ2n) is 8.53. The van der Waals surface area contributed by atoms with Crippen molar-refractivity contribution in [3.63, 3.8) is 0 Å². The minimum absolute atomic E-state index is 0.104. The number of aryl methyl sites for hydroxylation is 2. The first-order valence-electron chi connectivity index (χ1n) is 10.3. The molecule has 0 radical (unpaired) electrons. The van der Waals surface area contributed by atoms with Gasteiger partial charge in [-0.3, -0.25) is 0 Å². The molecule has 3 nitrogen and oxygen atoms in total. The predicted molar refractivity (Wildman–Crippen MR) is 118 cm³/mol. The Morgan fingerprint density at radius 3 is 2.59 bits per heavy atom. The molecular formula is C26H26N2O. The molecule has 0 aromatic heterocycles. The molecule has 2 aliphatic rings. The average molecular weight is 383 g/mol. The van der Waals surface area contributed by atoms with Crippen LogP contribution >= 0.6 is 0 Å². The number of oxime groups is 1. The third kappa shape index (κ3) is 2.93. The van der Waals surface area contributed by atoms with Gasteiger partial charge in [-0.15, -0.1) is 0 Å².